The molecule has 0 aliphatic heterocycles. The minimum atomic E-state index is 0.0360. The fourth-order valence-electron chi connectivity index (χ4n) is 7.33. The molecule has 0 atom stereocenters. The predicted molar refractivity (Wildman–Crippen MR) is 437 cm³/mol. The molecule has 0 unspecified atom stereocenters. The lowest BCUT2D eigenvalue weighted by atomic mass is 9.87. The Labute approximate surface area is 618 Å². The van der Waals surface area contributed by atoms with Crippen molar-refractivity contribution in [3.63, 3.8) is 0 Å². The number of oxazole rings is 2. The summed E-state index contributed by atoms with van der Waals surface area (Å²) in [4.78, 5) is 23.9. The van der Waals surface area contributed by atoms with Crippen LogP contribution in [0.15, 0.2) is 131 Å². The molecule has 0 aliphatic carbocycles. The minimum absolute atomic E-state index is 0.0360. The van der Waals surface area contributed by atoms with Crippen LogP contribution >= 0.6 is 45.7 Å². The molecule has 0 N–H and O–H groups in total. The van der Waals surface area contributed by atoms with Crippen LogP contribution in [0.1, 0.15) is 287 Å². The molecule has 9 aromatic heterocycles. The van der Waals surface area contributed by atoms with E-state index in [4.69, 9.17) is 17.9 Å². The van der Waals surface area contributed by atoms with Gasteiger partial charge in [0.25, 0.3) is 0 Å². The molecule has 0 aliphatic rings. The first-order valence-corrected chi connectivity index (χ1v) is 36.4. The second-order valence-electron chi connectivity index (χ2n) is 32.4. The van der Waals surface area contributed by atoms with Crippen molar-refractivity contribution in [3.8, 4) is 0 Å². The highest BCUT2D eigenvalue weighted by Crippen LogP contribution is 2.32. The second-order valence-corrected chi connectivity index (χ2v) is 35.8. The van der Waals surface area contributed by atoms with E-state index in [1.165, 1.54) is 26.9 Å². The van der Waals surface area contributed by atoms with Crippen molar-refractivity contribution in [2.45, 2.75) is 236 Å². The van der Waals surface area contributed by atoms with Gasteiger partial charge in [-0.2, -0.15) is 8.75 Å². The summed E-state index contributed by atoms with van der Waals surface area (Å²) >= 11 is 6.41. The van der Waals surface area contributed by atoms with E-state index in [9.17, 15) is 0 Å². The van der Waals surface area contributed by atoms with Crippen LogP contribution in [0.5, 0.6) is 0 Å². The molecule has 0 spiro atoms. The molecular weight excluding hydrogens is 1320 g/mol. The third-order valence-electron chi connectivity index (χ3n) is 13.8. The highest BCUT2D eigenvalue weighted by molar-refractivity contribution is 7.12. The molecule has 0 saturated heterocycles. The molecule has 100 heavy (non-hydrogen) atoms. The summed E-state index contributed by atoms with van der Waals surface area (Å²) in [6.07, 6.45) is 24.6. The van der Waals surface area contributed by atoms with Crippen molar-refractivity contribution >= 4 is 100 Å². The summed E-state index contributed by atoms with van der Waals surface area (Å²) in [5.41, 5.74) is 10.4. The largest absolute Gasteiger partial charge is 0.445 e. The molecule has 0 radical (unpaired) electrons. The smallest absolute Gasteiger partial charge is 0.218 e. The molecule has 0 fully saturated rings. The Morgan fingerprint density at radius 3 is 1.25 bits per heavy atom. The molecule has 0 aromatic carbocycles. The average Bonchev–Trinajstić information content (AvgIpc) is 1.69. The van der Waals surface area contributed by atoms with Gasteiger partial charge in [0, 0.05) is 78.7 Å². The maximum absolute atomic E-state index is 5.37. The number of aromatic nitrogens is 10. The molecule has 0 amide bonds. The number of rotatable bonds is 9. The van der Waals surface area contributed by atoms with Gasteiger partial charge in [-0.05, 0) is 111 Å². The Morgan fingerprint density at radius 2 is 0.960 bits per heavy atom. The molecule has 0 saturated carbocycles. The van der Waals surface area contributed by atoms with Crippen LogP contribution in [0.25, 0.3) is 54.7 Å². The quantitative estimate of drug-likeness (QED) is 0.134. The van der Waals surface area contributed by atoms with Crippen molar-refractivity contribution in [2.24, 2.45) is 7.05 Å². The number of hydrogen-bond acceptors (Lipinski definition) is 17. The van der Waals surface area contributed by atoms with Crippen LogP contribution < -0.4 is 0 Å². The molecule has 546 valence electrons. The summed E-state index contributed by atoms with van der Waals surface area (Å²) < 4.78 is 30.9. The van der Waals surface area contributed by atoms with Crippen LogP contribution in [0, 0.1) is 0 Å². The average molecular weight is 1440 g/mol. The van der Waals surface area contributed by atoms with E-state index in [0.717, 1.165) is 72.8 Å². The maximum Gasteiger partial charge on any atom is 0.218 e. The summed E-state index contributed by atoms with van der Waals surface area (Å²) in [5, 5.41) is 13.8. The van der Waals surface area contributed by atoms with E-state index in [-0.39, 0.29) is 48.7 Å². The van der Waals surface area contributed by atoms with E-state index >= 15 is 0 Å². The van der Waals surface area contributed by atoms with Crippen molar-refractivity contribution in [3.05, 3.63) is 213 Å². The molecule has 9 rings (SSSR count). The third kappa shape index (κ3) is 31.8. The summed E-state index contributed by atoms with van der Waals surface area (Å²) in [7, 11) is 1.99. The summed E-state index contributed by atoms with van der Waals surface area (Å²) in [6.45, 7) is 90.6. The Balaban J connectivity index is 0.000000563. The SMILES string of the molecule is C=Cc1cc(C(C)(C)C)on1.C=Cc1cc(C(C)(C)C)sn1.C=Cc1nc(C(C)(C)C)cn1C.C=Cc1nc(C(C)(C)C)co1.C=Cc1nc(C(C)(C)C)cs1.C=Cc1ncc(C(C)(C)C)o1.C=Cc1ncc(C(C)(C)C)s1.C=Cc1nocc1C(C)(C)C.C=Cc1nscc1C(C)(C)C. The number of thiazole rings is 2. The van der Waals surface area contributed by atoms with Crippen LogP contribution in [0.4, 0.5) is 0 Å². The van der Waals surface area contributed by atoms with Crippen molar-refractivity contribution in [2.75, 3.05) is 0 Å². The normalized spacial score (nSPS) is 11.6. The fourth-order valence-corrected chi connectivity index (χ4v) is 10.7. The zero-order valence-corrected chi connectivity index (χ0v) is 69.3. The van der Waals surface area contributed by atoms with Crippen LogP contribution in [0.2, 0.25) is 0 Å². The Kier molecular flexibility index (Phi) is 35.1. The zero-order valence-electron chi connectivity index (χ0n) is 66.0. The van der Waals surface area contributed by atoms with E-state index < -0.39 is 0 Å². The number of hydrogen-bond donors (Lipinski definition) is 0. The van der Waals surface area contributed by atoms with Gasteiger partial charge in [-0.1, -0.05) is 256 Å². The molecular formula is C82H120N10O4S4. The Bertz CT molecular complexity index is 3470. The second kappa shape index (κ2) is 38.9. The highest BCUT2D eigenvalue weighted by atomic mass is 32.1. The van der Waals surface area contributed by atoms with Crippen LogP contribution in [-0.4, -0.2) is 48.5 Å². The lowest BCUT2D eigenvalue weighted by molar-refractivity contribution is 0.328. The standard InChI is InChI=1S/C10H16N2.4C9H13NO.4C9H13NS/c1-6-9-11-8(7-12(9)5)10(2,3)4;1-5-8-10-7(6-11-8)9(2,3)4;1-5-8-10-6-7(11-8)9(2,3)4;1-5-8-7(6-11-10-8)9(2,3)4;1-5-7-6-8(11-10-7)9(2,3)4;1-5-8-10-7(6-11-8)9(2,3)4;1-5-8-10-6-7(11-8)9(2,3)4;1-5-8-7(6-11-10-8)9(2,3)4;1-5-7-6-8(11-10-7)9(2,3)4/h6-7H,1H2,2-5H3;8*5-6H,1H2,2-4H3. The van der Waals surface area contributed by atoms with Gasteiger partial charge in [-0.25, -0.2) is 24.9 Å². The first-order valence-electron chi connectivity index (χ1n) is 33.1. The van der Waals surface area contributed by atoms with Gasteiger partial charge in [0.05, 0.1) is 34.7 Å². The maximum atomic E-state index is 5.37. The van der Waals surface area contributed by atoms with Gasteiger partial charge in [0.1, 0.15) is 51.3 Å². The Morgan fingerprint density at radius 1 is 0.420 bits per heavy atom. The summed E-state index contributed by atoms with van der Waals surface area (Å²) in [6, 6.07) is 4.00. The highest BCUT2D eigenvalue weighted by Gasteiger charge is 2.24. The fraction of sp³-hybridized carbons (Fsp3) is 0.451. The van der Waals surface area contributed by atoms with Crippen LogP contribution in [-0.2, 0) is 55.8 Å². The van der Waals surface area contributed by atoms with Gasteiger partial charge in [-0.3, -0.25) is 0 Å². The van der Waals surface area contributed by atoms with Crippen molar-refractivity contribution in [1.82, 2.24) is 48.5 Å². The third-order valence-corrected chi connectivity index (χ3v) is 18.0. The van der Waals surface area contributed by atoms with E-state index in [1.54, 1.807) is 102 Å². The topological polar surface area (TPSA) is 173 Å². The minimum Gasteiger partial charge on any atom is -0.445 e. The Hall–Kier alpha value is -7.77. The lowest BCUT2D eigenvalue weighted by Gasteiger charge is -2.16. The van der Waals surface area contributed by atoms with Gasteiger partial charge < -0.3 is 22.4 Å². The molecule has 18 heteroatoms. The van der Waals surface area contributed by atoms with Gasteiger partial charge in [0.15, 0.2) is 0 Å². The van der Waals surface area contributed by atoms with Gasteiger partial charge in [-0.15, -0.1) is 22.7 Å². The first-order chi connectivity index (χ1) is 45.8. The number of aryl methyl sites for hydroxylation is 1. The lowest BCUT2D eigenvalue weighted by Crippen LogP contribution is -2.11. The molecule has 0 bridgehead atoms. The number of imidazole rings is 1. The van der Waals surface area contributed by atoms with E-state index in [1.807, 2.05) is 30.0 Å². The van der Waals surface area contributed by atoms with Crippen molar-refractivity contribution < 1.29 is 17.9 Å². The monoisotopic (exact) mass is 1440 g/mol. The van der Waals surface area contributed by atoms with Gasteiger partial charge in [0.2, 0.25) is 11.8 Å². The predicted octanol–water partition coefficient (Wildman–Crippen LogP) is 25.2. The van der Waals surface area contributed by atoms with Gasteiger partial charge >= 0.3 is 0 Å². The number of nitrogens with zero attached hydrogens (tertiary/aromatic N) is 10. The van der Waals surface area contributed by atoms with Crippen molar-refractivity contribution in [1.29, 1.82) is 0 Å². The summed E-state index contributed by atoms with van der Waals surface area (Å²) in [5.74, 6) is 3.91. The van der Waals surface area contributed by atoms with E-state index in [0.29, 0.717) is 11.8 Å². The molecule has 9 heterocycles. The zero-order chi connectivity index (χ0) is 77.2. The molecule has 14 nitrogen and oxygen atoms in total. The molecule has 9 aromatic rings. The van der Waals surface area contributed by atoms with Crippen LogP contribution in [0.3, 0.4) is 0 Å². The first kappa shape index (κ1) is 90.2. The van der Waals surface area contributed by atoms with E-state index in [2.05, 4.69) is 313 Å².